The van der Waals surface area contributed by atoms with Crippen molar-refractivity contribution in [1.29, 1.82) is 0 Å². The van der Waals surface area contributed by atoms with Crippen molar-refractivity contribution in [2.45, 2.75) is 6.92 Å². The van der Waals surface area contributed by atoms with Gasteiger partial charge in [-0.2, -0.15) is 4.98 Å². The molecule has 3 N–H and O–H groups in total. The fraction of sp³-hybridized carbons (Fsp3) is 0.200. The van der Waals surface area contributed by atoms with Gasteiger partial charge in [-0.05, 0) is 42.8 Å². The minimum Gasteiger partial charge on any atom is -0.492 e. The van der Waals surface area contributed by atoms with E-state index in [2.05, 4.69) is 15.4 Å². The second-order valence-electron chi connectivity index (χ2n) is 4.68. The molecule has 0 spiro atoms. The standard InChI is InChI=1S/C15H17N5O/c1-11-3-2-9-20-14(11)18-15(19-20)17-12-4-6-13(7-5-12)21-10-8-16/h2-7,9H,8,10,16H2,1H3,(H,17,19). The summed E-state index contributed by atoms with van der Waals surface area (Å²) in [6.45, 7) is 3.03. The minimum atomic E-state index is 0.504. The van der Waals surface area contributed by atoms with Crippen molar-refractivity contribution in [3.8, 4) is 5.75 Å². The predicted molar refractivity (Wildman–Crippen MR) is 82.0 cm³/mol. The highest BCUT2D eigenvalue weighted by Gasteiger charge is 2.05. The minimum absolute atomic E-state index is 0.504. The number of fused-ring (bicyclic) bond motifs is 1. The van der Waals surface area contributed by atoms with E-state index in [-0.39, 0.29) is 0 Å². The first-order chi connectivity index (χ1) is 10.3. The molecule has 3 aromatic rings. The van der Waals surface area contributed by atoms with Crippen molar-refractivity contribution in [3.05, 3.63) is 48.2 Å². The molecule has 0 fully saturated rings. The van der Waals surface area contributed by atoms with Crippen LogP contribution in [-0.2, 0) is 0 Å². The van der Waals surface area contributed by atoms with Crippen LogP contribution in [0.1, 0.15) is 5.56 Å². The molecule has 6 heteroatoms. The van der Waals surface area contributed by atoms with Gasteiger partial charge in [0.15, 0.2) is 5.65 Å². The van der Waals surface area contributed by atoms with Gasteiger partial charge in [0, 0.05) is 18.4 Å². The molecule has 0 aliphatic carbocycles. The van der Waals surface area contributed by atoms with Gasteiger partial charge in [0.2, 0.25) is 5.95 Å². The summed E-state index contributed by atoms with van der Waals surface area (Å²) in [5, 5.41) is 7.57. The van der Waals surface area contributed by atoms with Crippen LogP contribution in [0.3, 0.4) is 0 Å². The third-order valence-electron chi connectivity index (χ3n) is 3.05. The Kier molecular flexibility index (Phi) is 3.70. The molecule has 0 amide bonds. The highest BCUT2D eigenvalue weighted by molar-refractivity contribution is 5.58. The van der Waals surface area contributed by atoms with Gasteiger partial charge in [-0.1, -0.05) is 6.07 Å². The van der Waals surface area contributed by atoms with Gasteiger partial charge in [-0.25, -0.2) is 4.52 Å². The lowest BCUT2D eigenvalue weighted by Gasteiger charge is -2.05. The Morgan fingerprint density at radius 3 is 2.76 bits per heavy atom. The molecule has 1 aromatic carbocycles. The van der Waals surface area contributed by atoms with Crippen molar-refractivity contribution >= 4 is 17.3 Å². The maximum absolute atomic E-state index is 5.44. The van der Waals surface area contributed by atoms with Crippen LogP contribution in [0.4, 0.5) is 11.6 Å². The van der Waals surface area contributed by atoms with E-state index >= 15 is 0 Å². The molecule has 21 heavy (non-hydrogen) atoms. The third-order valence-corrected chi connectivity index (χ3v) is 3.05. The summed E-state index contributed by atoms with van der Waals surface area (Å²) in [6.07, 6.45) is 1.88. The van der Waals surface area contributed by atoms with Crippen molar-refractivity contribution in [1.82, 2.24) is 14.6 Å². The van der Waals surface area contributed by atoms with Gasteiger partial charge < -0.3 is 15.8 Å². The van der Waals surface area contributed by atoms with Crippen molar-refractivity contribution in [3.63, 3.8) is 0 Å². The number of hydrogen-bond donors (Lipinski definition) is 2. The van der Waals surface area contributed by atoms with E-state index in [1.54, 1.807) is 4.52 Å². The Balaban J connectivity index is 1.77. The van der Waals surface area contributed by atoms with Gasteiger partial charge in [0.1, 0.15) is 12.4 Å². The maximum atomic E-state index is 5.44. The first-order valence-corrected chi connectivity index (χ1v) is 6.78. The van der Waals surface area contributed by atoms with Crippen LogP contribution in [0.2, 0.25) is 0 Å². The number of aryl methyl sites for hydroxylation is 1. The van der Waals surface area contributed by atoms with E-state index in [1.807, 2.05) is 49.5 Å². The lowest BCUT2D eigenvalue weighted by Crippen LogP contribution is -2.10. The molecule has 2 heterocycles. The maximum Gasteiger partial charge on any atom is 0.247 e. The predicted octanol–water partition coefficient (Wildman–Crippen LogP) is 2.12. The van der Waals surface area contributed by atoms with Crippen LogP contribution >= 0.6 is 0 Å². The lowest BCUT2D eigenvalue weighted by atomic mass is 10.3. The zero-order chi connectivity index (χ0) is 14.7. The van der Waals surface area contributed by atoms with E-state index < -0.39 is 0 Å². The smallest absolute Gasteiger partial charge is 0.247 e. The van der Waals surface area contributed by atoms with Crippen LogP contribution in [0.5, 0.6) is 5.75 Å². The largest absolute Gasteiger partial charge is 0.492 e. The first-order valence-electron chi connectivity index (χ1n) is 6.78. The Bertz CT molecular complexity index is 735. The zero-order valence-electron chi connectivity index (χ0n) is 11.8. The lowest BCUT2D eigenvalue weighted by molar-refractivity contribution is 0.328. The number of hydrogen-bond acceptors (Lipinski definition) is 5. The van der Waals surface area contributed by atoms with E-state index in [9.17, 15) is 0 Å². The Morgan fingerprint density at radius 1 is 1.24 bits per heavy atom. The second-order valence-corrected chi connectivity index (χ2v) is 4.68. The molecule has 0 saturated heterocycles. The molecule has 108 valence electrons. The number of anilines is 2. The van der Waals surface area contributed by atoms with E-state index in [4.69, 9.17) is 10.5 Å². The normalized spacial score (nSPS) is 10.8. The highest BCUT2D eigenvalue weighted by atomic mass is 16.5. The molecule has 2 aromatic heterocycles. The number of nitrogens with two attached hydrogens (primary N) is 1. The fourth-order valence-electron chi connectivity index (χ4n) is 2.03. The van der Waals surface area contributed by atoms with Gasteiger partial charge >= 0.3 is 0 Å². The van der Waals surface area contributed by atoms with Crippen LogP contribution < -0.4 is 15.8 Å². The first kappa shape index (κ1) is 13.4. The van der Waals surface area contributed by atoms with Gasteiger partial charge in [-0.3, -0.25) is 0 Å². The van der Waals surface area contributed by atoms with Crippen molar-refractivity contribution in [2.24, 2.45) is 5.73 Å². The monoisotopic (exact) mass is 283 g/mol. The van der Waals surface area contributed by atoms with Crippen LogP contribution in [0.15, 0.2) is 42.6 Å². The number of nitrogens with one attached hydrogen (secondary N) is 1. The molecule has 0 radical (unpaired) electrons. The summed E-state index contributed by atoms with van der Waals surface area (Å²) in [6, 6.07) is 11.6. The highest BCUT2D eigenvalue weighted by Crippen LogP contribution is 2.19. The summed E-state index contributed by atoms with van der Waals surface area (Å²) in [7, 11) is 0. The van der Waals surface area contributed by atoms with Gasteiger partial charge in [0.05, 0.1) is 0 Å². The number of rotatable bonds is 5. The van der Waals surface area contributed by atoms with Crippen LogP contribution in [-0.4, -0.2) is 27.7 Å². The second kappa shape index (κ2) is 5.80. The SMILES string of the molecule is Cc1cccn2nc(Nc3ccc(OCCN)cc3)nc12. The Labute approximate surface area is 122 Å². The summed E-state index contributed by atoms with van der Waals surface area (Å²) in [5.41, 5.74) is 8.24. The third kappa shape index (κ3) is 2.95. The molecule has 0 aliphatic heterocycles. The quantitative estimate of drug-likeness (QED) is 0.750. The Hall–Kier alpha value is -2.60. The van der Waals surface area contributed by atoms with E-state index in [0.717, 1.165) is 22.6 Å². The molecular formula is C15H17N5O. The van der Waals surface area contributed by atoms with Crippen molar-refractivity contribution < 1.29 is 4.74 Å². The molecule has 0 saturated carbocycles. The van der Waals surface area contributed by atoms with Gasteiger partial charge in [-0.15, -0.1) is 5.10 Å². The molecular weight excluding hydrogens is 266 g/mol. The summed E-state index contributed by atoms with van der Waals surface area (Å²) < 4.78 is 7.20. The topological polar surface area (TPSA) is 77.5 Å². The summed E-state index contributed by atoms with van der Waals surface area (Å²) in [5.74, 6) is 1.37. The average molecular weight is 283 g/mol. The molecule has 0 unspecified atom stereocenters. The fourth-order valence-corrected chi connectivity index (χ4v) is 2.03. The summed E-state index contributed by atoms with van der Waals surface area (Å²) in [4.78, 5) is 4.47. The van der Waals surface area contributed by atoms with Crippen molar-refractivity contribution in [2.75, 3.05) is 18.5 Å². The number of pyridine rings is 1. The number of benzene rings is 1. The van der Waals surface area contributed by atoms with Gasteiger partial charge in [0.25, 0.3) is 0 Å². The average Bonchev–Trinajstić information content (AvgIpc) is 2.91. The Morgan fingerprint density at radius 2 is 2.05 bits per heavy atom. The molecule has 0 aliphatic rings. The number of ether oxygens (including phenoxy) is 1. The van der Waals surface area contributed by atoms with E-state index in [1.165, 1.54) is 0 Å². The van der Waals surface area contributed by atoms with Crippen LogP contribution in [0, 0.1) is 6.92 Å². The molecule has 0 atom stereocenters. The van der Waals surface area contributed by atoms with Crippen LogP contribution in [0.25, 0.3) is 5.65 Å². The number of nitrogens with zero attached hydrogens (tertiary/aromatic N) is 3. The molecule has 6 nitrogen and oxygen atoms in total. The molecule has 0 bridgehead atoms. The molecule has 3 rings (SSSR count). The zero-order valence-corrected chi connectivity index (χ0v) is 11.8. The number of aromatic nitrogens is 3. The van der Waals surface area contributed by atoms with E-state index in [0.29, 0.717) is 19.1 Å². The summed E-state index contributed by atoms with van der Waals surface area (Å²) >= 11 is 0.